The van der Waals surface area contributed by atoms with Gasteiger partial charge < -0.3 is 10.0 Å². The fourth-order valence-electron chi connectivity index (χ4n) is 2.17. The van der Waals surface area contributed by atoms with Crippen LogP contribution >= 0.6 is 0 Å². The summed E-state index contributed by atoms with van der Waals surface area (Å²) in [5, 5.41) is 9.08. The molecule has 0 aromatic heterocycles. The Labute approximate surface area is 110 Å². The van der Waals surface area contributed by atoms with Crippen LogP contribution in [0.25, 0.3) is 0 Å². The number of halogens is 1. The van der Waals surface area contributed by atoms with Gasteiger partial charge in [-0.25, -0.2) is 17.6 Å². The Bertz CT molecular complexity index is 600. The summed E-state index contributed by atoms with van der Waals surface area (Å²) in [6.45, 7) is 0.448. The Morgan fingerprint density at radius 1 is 1.26 bits per heavy atom. The van der Waals surface area contributed by atoms with Gasteiger partial charge in [-0.15, -0.1) is 0 Å². The average molecular weight is 287 g/mol. The van der Waals surface area contributed by atoms with E-state index in [0.29, 0.717) is 13.0 Å². The molecule has 1 N–H and O–H groups in total. The lowest BCUT2D eigenvalue weighted by Crippen LogP contribution is -2.29. The van der Waals surface area contributed by atoms with Gasteiger partial charge in [-0.3, -0.25) is 0 Å². The number of carboxylic acids is 1. The van der Waals surface area contributed by atoms with Crippen molar-refractivity contribution in [1.29, 1.82) is 0 Å². The Balaban J connectivity index is 2.39. The van der Waals surface area contributed by atoms with Crippen molar-refractivity contribution >= 4 is 21.5 Å². The van der Waals surface area contributed by atoms with E-state index in [-0.39, 0.29) is 29.3 Å². The van der Waals surface area contributed by atoms with Crippen molar-refractivity contribution in [3.05, 3.63) is 29.6 Å². The molecular weight excluding hydrogens is 273 g/mol. The van der Waals surface area contributed by atoms with Crippen molar-refractivity contribution in [2.45, 2.75) is 6.42 Å². The SMILES string of the molecule is O=C(O)c1cccc(F)c1N1CCCS(=O)(=O)CC1. The maximum absolute atomic E-state index is 13.9. The highest BCUT2D eigenvalue weighted by Crippen LogP contribution is 2.26. The minimum atomic E-state index is -3.12. The Hall–Kier alpha value is -1.63. The number of hydrogen-bond acceptors (Lipinski definition) is 4. The average Bonchev–Trinajstić information content (AvgIpc) is 2.50. The fraction of sp³-hybridized carbons (Fsp3) is 0.417. The topological polar surface area (TPSA) is 74.7 Å². The lowest BCUT2D eigenvalue weighted by atomic mass is 10.1. The third-order valence-corrected chi connectivity index (χ3v) is 4.80. The van der Waals surface area contributed by atoms with E-state index in [1.54, 1.807) is 0 Å². The van der Waals surface area contributed by atoms with E-state index < -0.39 is 21.6 Å². The highest BCUT2D eigenvalue weighted by Gasteiger charge is 2.24. The van der Waals surface area contributed by atoms with Crippen LogP contribution in [0, 0.1) is 5.82 Å². The summed E-state index contributed by atoms with van der Waals surface area (Å²) in [6, 6.07) is 3.83. The molecule has 0 amide bonds. The Morgan fingerprint density at radius 2 is 2.00 bits per heavy atom. The Kier molecular flexibility index (Phi) is 3.75. The van der Waals surface area contributed by atoms with Gasteiger partial charge in [0.05, 0.1) is 22.8 Å². The van der Waals surface area contributed by atoms with Gasteiger partial charge in [0.15, 0.2) is 9.84 Å². The summed E-state index contributed by atoms with van der Waals surface area (Å²) in [7, 11) is -3.12. The van der Waals surface area contributed by atoms with Gasteiger partial charge in [0.1, 0.15) is 5.82 Å². The quantitative estimate of drug-likeness (QED) is 0.883. The molecule has 0 saturated carbocycles. The van der Waals surface area contributed by atoms with Crippen LogP contribution in [0.4, 0.5) is 10.1 Å². The molecule has 1 fully saturated rings. The zero-order valence-electron chi connectivity index (χ0n) is 10.2. The van der Waals surface area contributed by atoms with E-state index in [4.69, 9.17) is 5.11 Å². The highest BCUT2D eigenvalue weighted by molar-refractivity contribution is 7.91. The fourth-order valence-corrected chi connectivity index (χ4v) is 3.44. The number of hydrogen-bond donors (Lipinski definition) is 1. The molecule has 1 aliphatic rings. The third-order valence-electron chi connectivity index (χ3n) is 3.09. The molecular formula is C12H14FNO4S. The van der Waals surface area contributed by atoms with Crippen LogP contribution in [-0.2, 0) is 9.84 Å². The number of nitrogens with zero attached hydrogens (tertiary/aromatic N) is 1. The molecule has 0 spiro atoms. The number of carboxylic acid groups (broad SMARTS) is 1. The molecule has 0 atom stereocenters. The zero-order chi connectivity index (χ0) is 14.0. The smallest absolute Gasteiger partial charge is 0.337 e. The van der Waals surface area contributed by atoms with E-state index >= 15 is 0 Å². The van der Waals surface area contributed by atoms with Gasteiger partial charge >= 0.3 is 5.97 Å². The summed E-state index contributed by atoms with van der Waals surface area (Å²) in [5.41, 5.74) is -0.161. The minimum Gasteiger partial charge on any atom is -0.478 e. The first-order chi connectivity index (χ1) is 8.91. The first kappa shape index (κ1) is 13.8. The number of rotatable bonds is 2. The number of aromatic carboxylic acids is 1. The van der Waals surface area contributed by atoms with Crippen LogP contribution in [-0.4, -0.2) is 44.1 Å². The van der Waals surface area contributed by atoms with Crippen molar-refractivity contribution in [3.63, 3.8) is 0 Å². The van der Waals surface area contributed by atoms with Crippen LogP contribution in [0.5, 0.6) is 0 Å². The number of anilines is 1. The summed E-state index contributed by atoms with van der Waals surface area (Å²) < 4.78 is 36.9. The summed E-state index contributed by atoms with van der Waals surface area (Å²) in [6.07, 6.45) is 0.371. The molecule has 19 heavy (non-hydrogen) atoms. The van der Waals surface area contributed by atoms with Crippen LogP contribution in [0.2, 0.25) is 0 Å². The van der Waals surface area contributed by atoms with Crippen LogP contribution < -0.4 is 4.90 Å². The molecule has 104 valence electrons. The first-order valence-electron chi connectivity index (χ1n) is 5.88. The van der Waals surface area contributed by atoms with Crippen molar-refractivity contribution < 1.29 is 22.7 Å². The van der Waals surface area contributed by atoms with E-state index in [1.165, 1.54) is 23.1 Å². The van der Waals surface area contributed by atoms with E-state index in [0.717, 1.165) is 0 Å². The summed E-state index contributed by atoms with van der Waals surface area (Å²) >= 11 is 0. The second-order valence-corrected chi connectivity index (χ2v) is 6.74. The second kappa shape index (κ2) is 5.16. The molecule has 1 saturated heterocycles. The normalized spacial score (nSPS) is 18.9. The molecule has 5 nitrogen and oxygen atoms in total. The summed E-state index contributed by atoms with van der Waals surface area (Å²) in [4.78, 5) is 12.6. The van der Waals surface area contributed by atoms with E-state index in [1.807, 2.05) is 0 Å². The van der Waals surface area contributed by atoms with Crippen LogP contribution in [0.15, 0.2) is 18.2 Å². The van der Waals surface area contributed by atoms with Crippen molar-refractivity contribution in [3.8, 4) is 0 Å². The standard InChI is InChI=1S/C12H14FNO4S/c13-10-4-1-3-9(12(15)16)11(10)14-5-2-7-19(17,18)8-6-14/h1,3-4H,2,5-8H2,(H,15,16). The molecule has 1 aromatic carbocycles. The van der Waals surface area contributed by atoms with Gasteiger partial charge in [-0.05, 0) is 18.6 Å². The monoisotopic (exact) mass is 287 g/mol. The van der Waals surface area contributed by atoms with Gasteiger partial charge in [0.25, 0.3) is 0 Å². The lowest BCUT2D eigenvalue weighted by Gasteiger charge is -2.24. The Morgan fingerprint density at radius 3 is 2.68 bits per heavy atom. The van der Waals surface area contributed by atoms with E-state index in [2.05, 4.69) is 0 Å². The molecule has 0 radical (unpaired) electrons. The number of benzene rings is 1. The molecule has 1 aliphatic heterocycles. The number of carbonyl (C=O) groups is 1. The first-order valence-corrected chi connectivity index (χ1v) is 7.70. The maximum Gasteiger partial charge on any atom is 0.337 e. The van der Waals surface area contributed by atoms with Crippen molar-refractivity contribution in [2.75, 3.05) is 29.5 Å². The predicted octanol–water partition coefficient (Wildman–Crippen LogP) is 1.15. The van der Waals surface area contributed by atoms with Gasteiger partial charge in [0, 0.05) is 13.1 Å². The van der Waals surface area contributed by atoms with Crippen molar-refractivity contribution in [1.82, 2.24) is 0 Å². The number of para-hydroxylation sites is 1. The molecule has 0 bridgehead atoms. The number of sulfone groups is 1. The lowest BCUT2D eigenvalue weighted by molar-refractivity contribution is 0.0697. The third kappa shape index (κ3) is 3.04. The van der Waals surface area contributed by atoms with Crippen molar-refractivity contribution in [2.24, 2.45) is 0 Å². The van der Waals surface area contributed by atoms with Crippen LogP contribution in [0.3, 0.4) is 0 Å². The van der Waals surface area contributed by atoms with Crippen LogP contribution in [0.1, 0.15) is 16.8 Å². The highest BCUT2D eigenvalue weighted by atomic mass is 32.2. The van der Waals surface area contributed by atoms with E-state index in [9.17, 15) is 17.6 Å². The maximum atomic E-state index is 13.9. The second-order valence-electron chi connectivity index (χ2n) is 4.43. The zero-order valence-corrected chi connectivity index (χ0v) is 11.0. The molecule has 1 aromatic rings. The summed E-state index contributed by atoms with van der Waals surface area (Å²) in [5.74, 6) is -1.89. The molecule has 7 heteroatoms. The largest absolute Gasteiger partial charge is 0.478 e. The van der Waals surface area contributed by atoms with Gasteiger partial charge in [-0.2, -0.15) is 0 Å². The minimum absolute atomic E-state index is 0.0212. The molecule has 1 heterocycles. The van der Waals surface area contributed by atoms with Gasteiger partial charge in [-0.1, -0.05) is 6.07 Å². The molecule has 2 rings (SSSR count). The molecule has 0 unspecified atom stereocenters. The van der Waals surface area contributed by atoms with Gasteiger partial charge in [0.2, 0.25) is 0 Å². The predicted molar refractivity (Wildman–Crippen MR) is 68.8 cm³/mol. The molecule has 0 aliphatic carbocycles.